The summed E-state index contributed by atoms with van der Waals surface area (Å²) in [6.45, 7) is 8.94. The van der Waals surface area contributed by atoms with E-state index in [4.69, 9.17) is 0 Å². The first-order chi connectivity index (χ1) is 10.9. The first-order valence-electron chi connectivity index (χ1n) is 8.51. The number of aryl methyl sites for hydroxylation is 1. The van der Waals surface area contributed by atoms with Crippen molar-refractivity contribution in [1.82, 2.24) is 9.88 Å². The molecule has 1 aliphatic heterocycles. The van der Waals surface area contributed by atoms with Crippen molar-refractivity contribution in [2.75, 3.05) is 19.7 Å². The molecule has 0 aliphatic carbocycles. The number of nitrogens with one attached hydrogen (secondary N) is 1. The quantitative estimate of drug-likeness (QED) is 0.819. The van der Waals surface area contributed by atoms with Gasteiger partial charge < -0.3 is 15.0 Å². The Labute approximate surface area is 138 Å². The average Bonchev–Trinajstić information content (AvgIpc) is 2.90. The van der Waals surface area contributed by atoms with Crippen LogP contribution in [0.4, 0.5) is 0 Å². The Kier molecular flexibility index (Phi) is 5.30. The lowest BCUT2D eigenvalue weighted by Crippen LogP contribution is -2.44. The molecule has 5 nitrogen and oxygen atoms in total. The van der Waals surface area contributed by atoms with Crippen LogP contribution in [0.1, 0.15) is 72.1 Å². The van der Waals surface area contributed by atoms with Gasteiger partial charge in [-0.1, -0.05) is 13.8 Å². The Bertz CT molecular complexity index is 590. The number of nitrogens with zero attached hydrogens (tertiary/aromatic N) is 1. The average molecular weight is 320 g/mol. The van der Waals surface area contributed by atoms with E-state index in [0.717, 1.165) is 30.5 Å². The zero-order chi connectivity index (χ0) is 17.2. The lowest BCUT2D eigenvalue weighted by Gasteiger charge is -2.40. The van der Waals surface area contributed by atoms with Crippen LogP contribution in [0.25, 0.3) is 0 Å². The molecule has 1 amide bonds. The second-order valence-electron chi connectivity index (χ2n) is 6.69. The highest BCUT2D eigenvalue weighted by Gasteiger charge is 2.35. The SMILES string of the molecule is CCc1c(C(=O)N2CCC(CC)(CO)CC2)[nH]c(C)c1C(C)=O. The molecule has 0 unspecified atom stereocenters. The Morgan fingerprint density at radius 1 is 1.26 bits per heavy atom. The van der Waals surface area contributed by atoms with Gasteiger partial charge in [0.05, 0.1) is 0 Å². The Hall–Kier alpha value is -1.62. The number of piperidine rings is 1. The highest BCUT2D eigenvalue weighted by molar-refractivity contribution is 6.02. The molecule has 1 saturated heterocycles. The number of hydrogen-bond donors (Lipinski definition) is 2. The molecule has 5 heteroatoms. The van der Waals surface area contributed by atoms with Gasteiger partial charge in [0.1, 0.15) is 5.69 Å². The van der Waals surface area contributed by atoms with Gasteiger partial charge in [-0.25, -0.2) is 0 Å². The van der Waals surface area contributed by atoms with Crippen molar-refractivity contribution in [2.45, 2.75) is 53.4 Å². The summed E-state index contributed by atoms with van der Waals surface area (Å²) in [7, 11) is 0. The van der Waals surface area contributed by atoms with Crippen LogP contribution in [0.15, 0.2) is 0 Å². The molecule has 0 atom stereocenters. The van der Waals surface area contributed by atoms with Gasteiger partial charge in [-0.3, -0.25) is 9.59 Å². The molecule has 1 aromatic rings. The summed E-state index contributed by atoms with van der Waals surface area (Å²) in [5.74, 6) is -0.0290. The number of Topliss-reactive ketones (excluding diaryl/α,β-unsaturated/α-hetero) is 1. The molecule has 0 spiro atoms. The number of aromatic nitrogens is 1. The second kappa shape index (κ2) is 6.87. The van der Waals surface area contributed by atoms with Gasteiger partial charge in [0.25, 0.3) is 5.91 Å². The fourth-order valence-electron chi connectivity index (χ4n) is 3.66. The van der Waals surface area contributed by atoms with Crippen molar-refractivity contribution in [3.05, 3.63) is 22.5 Å². The molecule has 1 aromatic heterocycles. The first kappa shape index (κ1) is 17.7. The highest BCUT2D eigenvalue weighted by Crippen LogP contribution is 2.35. The van der Waals surface area contributed by atoms with Crippen LogP contribution in [-0.2, 0) is 6.42 Å². The summed E-state index contributed by atoms with van der Waals surface area (Å²) in [4.78, 5) is 29.7. The number of carbonyl (C=O) groups is 2. The van der Waals surface area contributed by atoms with Gasteiger partial charge in [-0.2, -0.15) is 0 Å². The molecule has 128 valence electrons. The van der Waals surface area contributed by atoms with E-state index < -0.39 is 0 Å². The van der Waals surface area contributed by atoms with E-state index in [1.165, 1.54) is 0 Å². The molecule has 0 saturated carbocycles. The number of aliphatic hydroxyl groups excluding tert-OH is 1. The number of rotatable bonds is 5. The molecule has 2 heterocycles. The van der Waals surface area contributed by atoms with E-state index in [-0.39, 0.29) is 23.7 Å². The summed E-state index contributed by atoms with van der Waals surface area (Å²) in [5, 5.41) is 9.62. The second-order valence-corrected chi connectivity index (χ2v) is 6.69. The lowest BCUT2D eigenvalue weighted by molar-refractivity contribution is 0.0334. The molecule has 2 rings (SSSR count). The van der Waals surface area contributed by atoms with Crippen LogP contribution in [0.5, 0.6) is 0 Å². The molecule has 0 aromatic carbocycles. The highest BCUT2D eigenvalue weighted by atomic mass is 16.3. The van der Waals surface area contributed by atoms with E-state index in [2.05, 4.69) is 11.9 Å². The molecular formula is C18H28N2O3. The number of H-pyrrole nitrogens is 1. The number of aromatic amines is 1. The largest absolute Gasteiger partial charge is 0.396 e. The lowest BCUT2D eigenvalue weighted by atomic mass is 9.77. The van der Waals surface area contributed by atoms with Crippen LogP contribution in [0.3, 0.4) is 0 Å². The number of ketones is 1. The summed E-state index contributed by atoms with van der Waals surface area (Å²) in [5.41, 5.74) is 2.78. The fraction of sp³-hybridized carbons (Fsp3) is 0.667. The number of carbonyl (C=O) groups excluding carboxylic acids is 2. The summed E-state index contributed by atoms with van der Waals surface area (Å²) in [6, 6.07) is 0. The maximum absolute atomic E-state index is 12.9. The normalized spacial score (nSPS) is 17.3. The van der Waals surface area contributed by atoms with E-state index in [0.29, 0.717) is 30.8 Å². The number of amides is 1. The molecule has 1 fully saturated rings. The fourth-order valence-corrected chi connectivity index (χ4v) is 3.66. The standard InChI is InChI=1S/C18H28N2O3/c1-5-14-15(13(4)22)12(3)19-16(14)17(23)20-9-7-18(6-2,11-21)8-10-20/h19,21H,5-11H2,1-4H3. The number of likely N-dealkylation sites (tertiary alicyclic amines) is 1. The van der Waals surface area contributed by atoms with Crippen molar-refractivity contribution in [3.63, 3.8) is 0 Å². The Morgan fingerprint density at radius 3 is 2.30 bits per heavy atom. The number of aliphatic hydroxyl groups is 1. The monoisotopic (exact) mass is 320 g/mol. The molecular weight excluding hydrogens is 292 g/mol. The maximum atomic E-state index is 12.9. The Morgan fingerprint density at radius 2 is 1.87 bits per heavy atom. The van der Waals surface area contributed by atoms with E-state index in [1.54, 1.807) is 6.92 Å². The van der Waals surface area contributed by atoms with Crippen molar-refractivity contribution >= 4 is 11.7 Å². The minimum atomic E-state index is -0.0411. The van der Waals surface area contributed by atoms with Gasteiger partial charge >= 0.3 is 0 Å². The van der Waals surface area contributed by atoms with E-state index >= 15 is 0 Å². The molecule has 1 aliphatic rings. The minimum Gasteiger partial charge on any atom is -0.396 e. The maximum Gasteiger partial charge on any atom is 0.270 e. The zero-order valence-corrected chi connectivity index (χ0v) is 14.7. The minimum absolute atomic E-state index is 0.00132. The smallest absolute Gasteiger partial charge is 0.270 e. The van der Waals surface area contributed by atoms with E-state index in [9.17, 15) is 14.7 Å². The molecule has 2 N–H and O–H groups in total. The summed E-state index contributed by atoms with van der Waals surface area (Å²) < 4.78 is 0. The third kappa shape index (κ3) is 3.20. The van der Waals surface area contributed by atoms with Crippen molar-refractivity contribution < 1.29 is 14.7 Å². The van der Waals surface area contributed by atoms with Gasteiger partial charge in [0.15, 0.2) is 5.78 Å². The molecule has 0 bridgehead atoms. The topological polar surface area (TPSA) is 73.4 Å². The molecule has 23 heavy (non-hydrogen) atoms. The third-order valence-corrected chi connectivity index (χ3v) is 5.41. The van der Waals surface area contributed by atoms with Crippen molar-refractivity contribution in [2.24, 2.45) is 5.41 Å². The Balaban J connectivity index is 2.23. The predicted molar refractivity (Wildman–Crippen MR) is 89.9 cm³/mol. The van der Waals surface area contributed by atoms with Crippen molar-refractivity contribution in [1.29, 1.82) is 0 Å². The van der Waals surface area contributed by atoms with Gasteiger partial charge in [0.2, 0.25) is 0 Å². The van der Waals surface area contributed by atoms with Gasteiger partial charge in [-0.05, 0) is 50.5 Å². The van der Waals surface area contributed by atoms with Crippen LogP contribution in [0, 0.1) is 12.3 Å². The van der Waals surface area contributed by atoms with Crippen LogP contribution in [0.2, 0.25) is 0 Å². The van der Waals surface area contributed by atoms with Crippen LogP contribution in [-0.4, -0.2) is 46.4 Å². The zero-order valence-electron chi connectivity index (χ0n) is 14.7. The van der Waals surface area contributed by atoms with Crippen LogP contribution < -0.4 is 0 Å². The summed E-state index contributed by atoms with van der Waals surface area (Å²) >= 11 is 0. The van der Waals surface area contributed by atoms with Gasteiger partial charge in [0, 0.05) is 31.0 Å². The summed E-state index contributed by atoms with van der Waals surface area (Å²) in [6.07, 6.45) is 3.24. The predicted octanol–water partition coefficient (Wildman–Crippen LogP) is 2.71. The molecule has 0 radical (unpaired) electrons. The first-order valence-corrected chi connectivity index (χ1v) is 8.51. The van der Waals surface area contributed by atoms with Crippen LogP contribution >= 0.6 is 0 Å². The van der Waals surface area contributed by atoms with Crippen molar-refractivity contribution in [3.8, 4) is 0 Å². The number of hydrogen-bond acceptors (Lipinski definition) is 3. The van der Waals surface area contributed by atoms with E-state index in [1.807, 2.05) is 18.7 Å². The third-order valence-electron chi connectivity index (χ3n) is 5.41. The van der Waals surface area contributed by atoms with Gasteiger partial charge in [-0.15, -0.1) is 0 Å².